The molecule has 1 aromatic heterocycles. The highest BCUT2D eigenvalue weighted by atomic mass is 35.5. The third kappa shape index (κ3) is 1.52. The van der Waals surface area contributed by atoms with Crippen molar-refractivity contribution in [2.45, 2.75) is 0 Å². The van der Waals surface area contributed by atoms with E-state index in [1.807, 2.05) is 0 Å². The van der Waals surface area contributed by atoms with Gasteiger partial charge in [-0.25, -0.2) is 4.98 Å². The molecule has 1 N–H and O–H groups in total. The van der Waals surface area contributed by atoms with Crippen molar-refractivity contribution in [1.29, 1.82) is 5.26 Å². The molecule has 0 aliphatic carbocycles. The Morgan fingerprint density at radius 3 is 2.92 bits per heavy atom. The number of pyridine rings is 1. The predicted molar refractivity (Wildman–Crippen MR) is 40.8 cm³/mol. The molecule has 0 aliphatic heterocycles. The molecule has 1 aromatic rings. The maximum atomic E-state index is 10.6. The molecule has 4 nitrogen and oxygen atoms in total. The SMILES string of the molecule is N#Cc1cc(C(=O)Cl)c(O)cn1. The molecule has 0 unspecified atom stereocenters. The van der Waals surface area contributed by atoms with Gasteiger partial charge in [0.25, 0.3) is 5.24 Å². The van der Waals surface area contributed by atoms with Gasteiger partial charge in [0.05, 0.1) is 11.8 Å². The fourth-order valence-electron chi connectivity index (χ4n) is 0.667. The summed E-state index contributed by atoms with van der Waals surface area (Å²) in [6, 6.07) is 2.85. The fraction of sp³-hybridized carbons (Fsp3) is 0. The molecule has 0 bridgehead atoms. The molecule has 5 heteroatoms. The van der Waals surface area contributed by atoms with Crippen molar-refractivity contribution in [3.63, 3.8) is 0 Å². The van der Waals surface area contributed by atoms with Gasteiger partial charge < -0.3 is 5.11 Å². The molecule has 1 rings (SSSR count). The van der Waals surface area contributed by atoms with Crippen LogP contribution in [0, 0.1) is 11.3 Å². The molecule has 0 saturated heterocycles. The Morgan fingerprint density at radius 1 is 1.75 bits per heavy atom. The first-order valence-electron chi connectivity index (χ1n) is 2.94. The molecule has 0 aromatic carbocycles. The number of carbonyl (C=O) groups is 1. The first-order chi connectivity index (χ1) is 5.65. The second-order valence-corrected chi connectivity index (χ2v) is 2.32. The largest absolute Gasteiger partial charge is 0.506 e. The lowest BCUT2D eigenvalue weighted by atomic mass is 10.2. The Labute approximate surface area is 73.0 Å². The molecule has 0 spiro atoms. The standard InChI is InChI=1S/C7H3ClN2O2/c8-7(12)5-1-4(2-9)10-3-6(5)11/h1,3,11H. The number of hydrogen-bond donors (Lipinski definition) is 1. The second-order valence-electron chi connectivity index (χ2n) is 1.97. The molecule has 0 fully saturated rings. The van der Waals surface area contributed by atoms with E-state index in [-0.39, 0.29) is 17.0 Å². The van der Waals surface area contributed by atoms with Crippen LogP contribution in [0.1, 0.15) is 16.1 Å². The van der Waals surface area contributed by atoms with E-state index in [4.69, 9.17) is 22.0 Å². The van der Waals surface area contributed by atoms with E-state index in [9.17, 15) is 4.79 Å². The highest BCUT2D eigenvalue weighted by molar-refractivity contribution is 6.68. The van der Waals surface area contributed by atoms with Crippen molar-refractivity contribution in [3.8, 4) is 11.8 Å². The number of aromatic nitrogens is 1. The van der Waals surface area contributed by atoms with Crippen LogP contribution in [-0.4, -0.2) is 15.3 Å². The van der Waals surface area contributed by atoms with Gasteiger partial charge >= 0.3 is 0 Å². The van der Waals surface area contributed by atoms with Gasteiger partial charge in [0.15, 0.2) is 0 Å². The van der Waals surface area contributed by atoms with Crippen molar-refractivity contribution in [2.24, 2.45) is 0 Å². The molecule has 0 radical (unpaired) electrons. The average Bonchev–Trinajstić information content (AvgIpc) is 2.05. The number of carbonyl (C=O) groups excluding carboxylic acids is 1. The van der Waals surface area contributed by atoms with E-state index >= 15 is 0 Å². The van der Waals surface area contributed by atoms with Crippen LogP contribution < -0.4 is 0 Å². The molecular formula is C7H3ClN2O2. The van der Waals surface area contributed by atoms with Gasteiger partial charge in [0.1, 0.15) is 17.5 Å². The van der Waals surface area contributed by atoms with Crippen LogP contribution in [0.3, 0.4) is 0 Å². The number of aromatic hydroxyl groups is 1. The lowest BCUT2D eigenvalue weighted by molar-refractivity contribution is 0.107. The Kier molecular flexibility index (Phi) is 2.26. The highest BCUT2D eigenvalue weighted by Crippen LogP contribution is 2.17. The van der Waals surface area contributed by atoms with Gasteiger partial charge in [-0.3, -0.25) is 4.79 Å². The zero-order valence-corrected chi connectivity index (χ0v) is 6.54. The van der Waals surface area contributed by atoms with E-state index < -0.39 is 5.24 Å². The number of nitriles is 1. The van der Waals surface area contributed by atoms with Crippen molar-refractivity contribution < 1.29 is 9.90 Å². The van der Waals surface area contributed by atoms with Gasteiger partial charge in [-0.15, -0.1) is 0 Å². The van der Waals surface area contributed by atoms with Crippen LogP contribution >= 0.6 is 11.6 Å². The summed E-state index contributed by atoms with van der Waals surface area (Å²) in [5, 5.41) is 16.6. The number of halogens is 1. The molecular weight excluding hydrogens is 180 g/mol. The zero-order chi connectivity index (χ0) is 9.14. The van der Waals surface area contributed by atoms with Crippen LogP contribution in [-0.2, 0) is 0 Å². The molecule has 12 heavy (non-hydrogen) atoms. The van der Waals surface area contributed by atoms with Crippen molar-refractivity contribution in [1.82, 2.24) is 4.98 Å². The summed E-state index contributed by atoms with van der Waals surface area (Å²) in [4.78, 5) is 14.1. The number of nitrogens with zero attached hydrogens (tertiary/aromatic N) is 2. The van der Waals surface area contributed by atoms with Crippen LogP contribution in [0.2, 0.25) is 0 Å². The summed E-state index contributed by atoms with van der Waals surface area (Å²) in [6.45, 7) is 0. The lowest BCUT2D eigenvalue weighted by Crippen LogP contribution is -1.92. The lowest BCUT2D eigenvalue weighted by Gasteiger charge is -1.96. The van der Waals surface area contributed by atoms with E-state index in [2.05, 4.69) is 4.98 Å². The van der Waals surface area contributed by atoms with Crippen LogP contribution in [0.4, 0.5) is 0 Å². The van der Waals surface area contributed by atoms with Gasteiger partial charge in [0, 0.05) is 0 Å². The predicted octanol–water partition coefficient (Wildman–Crippen LogP) is 1.04. The zero-order valence-electron chi connectivity index (χ0n) is 5.78. The van der Waals surface area contributed by atoms with Gasteiger partial charge in [0.2, 0.25) is 0 Å². The molecule has 0 atom stereocenters. The Balaban J connectivity index is 3.28. The number of hydrogen-bond acceptors (Lipinski definition) is 4. The van der Waals surface area contributed by atoms with Crippen molar-refractivity contribution in [3.05, 3.63) is 23.5 Å². The average molecular weight is 183 g/mol. The minimum atomic E-state index is -0.814. The van der Waals surface area contributed by atoms with Gasteiger partial charge in [-0.05, 0) is 17.7 Å². The smallest absolute Gasteiger partial charge is 0.256 e. The monoisotopic (exact) mass is 182 g/mol. The minimum Gasteiger partial charge on any atom is -0.506 e. The minimum absolute atomic E-state index is 0.0387. The molecule has 0 aliphatic rings. The topological polar surface area (TPSA) is 74.0 Å². The van der Waals surface area contributed by atoms with E-state index in [0.29, 0.717) is 0 Å². The van der Waals surface area contributed by atoms with E-state index in [1.165, 1.54) is 0 Å². The summed E-state index contributed by atoms with van der Waals surface area (Å²) in [5.74, 6) is -0.325. The first kappa shape index (κ1) is 8.50. The van der Waals surface area contributed by atoms with E-state index in [1.54, 1.807) is 6.07 Å². The van der Waals surface area contributed by atoms with Crippen LogP contribution in [0.15, 0.2) is 12.3 Å². The first-order valence-corrected chi connectivity index (χ1v) is 3.32. The Hall–Kier alpha value is -1.60. The van der Waals surface area contributed by atoms with Crippen molar-refractivity contribution >= 4 is 16.8 Å². The van der Waals surface area contributed by atoms with Crippen LogP contribution in [0.25, 0.3) is 0 Å². The van der Waals surface area contributed by atoms with Gasteiger partial charge in [-0.1, -0.05) is 0 Å². The van der Waals surface area contributed by atoms with Crippen LogP contribution in [0.5, 0.6) is 5.75 Å². The molecule has 0 saturated carbocycles. The maximum Gasteiger partial charge on any atom is 0.256 e. The quantitative estimate of drug-likeness (QED) is 0.659. The second kappa shape index (κ2) is 3.20. The summed E-state index contributed by atoms with van der Waals surface area (Å²) in [6.07, 6.45) is 1.01. The fourth-order valence-corrected chi connectivity index (χ4v) is 0.818. The molecule has 0 amide bonds. The summed E-state index contributed by atoms with van der Waals surface area (Å²) in [5.41, 5.74) is -0.0694. The van der Waals surface area contributed by atoms with Crippen molar-refractivity contribution in [2.75, 3.05) is 0 Å². The maximum absolute atomic E-state index is 10.6. The summed E-state index contributed by atoms with van der Waals surface area (Å²) in [7, 11) is 0. The summed E-state index contributed by atoms with van der Waals surface area (Å²) < 4.78 is 0. The molecule has 60 valence electrons. The third-order valence-electron chi connectivity index (χ3n) is 1.21. The van der Waals surface area contributed by atoms with Gasteiger partial charge in [-0.2, -0.15) is 5.26 Å². The highest BCUT2D eigenvalue weighted by Gasteiger charge is 2.09. The Morgan fingerprint density at radius 2 is 2.42 bits per heavy atom. The number of rotatable bonds is 1. The summed E-state index contributed by atoms with van der Waals surface area (Å²) >= 11 is 5.10. The van der Waals surface area contributed by atoms with E-state index in [0.717, 1.165) is 12.3 Å². The molecule has 1 heterocycles. The Bertz CT molecular complexity index is 370. The normalized spacial score (nSPS) is 9.00. The third-order valence-corrected chi connectivity index (χ3v) is 1.41.